The van der Waals surface area contributed by atoms with Gasteiger partial charge in [-0.05, 0) is 64.2 Å². The molecule has 1 aromatic heterocycles. The molecule has 2 aromatic carbocycles. The first kappa shape index (κ1) is 15.9. The number of amides is 1. The molecule has 0 spiro atoms. The highest BCUT2D eigenvalue weighted by Crippen LogP contribution is 2.23. The van der Waals surface area contributed by atoms with Gasteiger partial charge in [-0.2, -0.15) is 4.80 Å². The van der Waals surface area contributed by atoms with Crippen LogP contribution in [0.5, 0.6) is 0 Å². The number of anilines is 1. The molecule has 1 amide bonds. The maximum atomic E-state index is 12.0. The van der Waals surface area contributed by atoms with Crippen molar-refractivity contribution < 1.29 is 4.79 Å². The highest BCUT2D eigenvalue weighted by atomic mass is 127. The predicted molar refractivity (Wildman–Crippen MR) is 96.1 cm³/mol. The van der Waals surface area contributed by atoms with Crippen molar-refractivity contribution in [1.82, 2.24) is 20.2 Å². The Kier molecular flexibility index (Phi) is 4.87. The van der Waals surface area contributed by atoms with E-state index in [1.165, 1.54) is 4.80 Å². The van der Waals surface area contributed by atoms with Crippen molar-refractivity contribution in [2.75, 3.05) is 5.32 Å². The minimum absolute atomic E-state index is 0.0244. The summed E-state index contributed by atoms with van der Waals surface area (Å²) < 4.78 is 1.10. The molecule has 0 aliphatic heterocycles. The van der Waals surface area contributed by atoms with Crippen LogP contribution in [0.1, 0.15) is 0 Å². The van der Waals surface area contributed by atoms with Gasteiger partial charge in [0, 0.05) is 14.8 Å². The molecular formula is C15H11ClIN5O. The summed E-state index contributed by atoms with van der Waals surface area (Å²) in [7, 11) is 0. The molecule has 0 radical (unpaired) electrons. The lowest BCUT2D eigenvalue weighted by Gasteiger charge is -2.04. The molecule has 0 fully saturated rings. The van der Waals surface area contributed by atoms with E-state index in [0.29, 0.717) is 16.4 Å². The molecule has 8 heteroatoms. The van der Waals surface area contributed by atoms with Crippen LogP contribution >= 0.6 is 34.2 Å². The van der Waals surface area contributed by atoms with Crippen LogP contribution in [0.25, 0.3) is 11.4 Å². The Labute approximate surface area is 151 Å². The van der Waals surface area contributed by atoms with E-state index in [1.54, 1.807) is 12.1 Å². The zero-order chi connectivity index (χ0) is 16.2. The predicted octanol–water partition coefficient (Wildman–Crippen LogP) is 3.24. The van der Waals surface area contributed by atoms with Gasteiger partial charge in [-0.3, -0.25) is 4.79 Å². The lowest BCUT2D eigenvalue weighted by molar-refractivity contribution is -0.117. The van der Waals surface area contributed by atoms with Gasteiger partial charge >= 0.3 is 0 Å². The summed E-state index contributed by atoms with van der Waals surface area (Å²) in [5.41, 5.74) is 1.40. The number of aromatic nitrogens is 4. The monoisotopic (exact) mass is 439 g/mol. The van der Waals surface area contributed by atoms with E-state index in [-0.39, 0.29) is 12.5 Å². The third-order valence-electron chi connectivity index (χ3n) is 2.98. The topological polar surface area (TPSA) is 72.7 Å². The molecule has 3 rings (SSSR count). The maximum Gasteiger partial charge on any atom is 0.248 e. The van der Waals surface area contributed by atoms with Crippen molar-refractivity contribution in [3.05, 3.63) is 57.1 Å². The third kappa shape index (κ3) is 4.05. The van der Waals surface area contributed by atoms with Crippen LogP contribution in [-0.2, 0) is 11.3 Å². The molecule has 0 saturated carbocycles. The van der Waals surface area contributed by atoms with Crippen molar-refractivity contribution in [3.63, 3.8) is 0 Å². The van der Waals surface area contributed by atoms with Gasteiger partial charge in [0.05, 0.1) is 5.02 Å². The van der Waals surface area contributed by atoms with Crippen LogP contribution in [0.4, 0.5) is 5.69 Å². The molecular weight excluding hydrogens is 429 g/mol. The molecule has 0 aliphatic carbocycles. The number of hydrogen-bond donors (Lipinski definition) is 1. The Morgan fingerprint density at radius 3 is 2.65 bits per heavy atom. The standard InChI is InChI=1S/C15H11ClIN5O/c16-13-4-2-1-3-12(13)15-19-21-22(20-15)9-14(23)18-11-7-5-10(17)6-8-11/h1-8H,9H2,(H,18,23). The van der Waals surface area contributed by atoms with E-state index in [4.69, 9.17) is 11.6 Å². The highest BCUT2D eigenvalue weighted by Gasteiger charge is 2.11. The average molecular weight is 440 g/mol. The average Bonchev–Trinajstić information content (AvgIpc) is 2.98. The van der Waals surface area contributed by atoms with Gasteiger partial charge in [0.2, 0.25) is 11.7 Å². The number of rotatable bonds is 4. The van der Waals surface area contributed by atoms with Crippen LogP contribution in [0.2, 0.25) is 5.02 Å². The van der Waals surface area contributed by atoms with E-state index in [0.717, 1.165) is 9.26 Å². The minimum Gasteiger partial charge on any atom is -0.324 e. The molecule has 0 bridgehead atoms. The Bertz CT molecular complexity index is 834. The molecule has 0 saturated heterocycles. The van der Waals surface area contributed by atoms with Gasteiger partial charge in [0.15, 0.2) is 0 Å². The first-order valence-corrected chi connectivity index (χ1v) is 8.15. The Morgan fingerprint density at radius 1 is 1.17 bits per heavy atom. The normalized spacial score (nSPS) is 10.5. The number of carbonyl (C=O) groups is 1. The SMILES string of the molecule is O=C(Cn1nnc(-c2ccccc2Cl)n1)Nc1ccc(I)cc1. The lowest BCUT2D eigenvalue weighted by Crippen LogP contribution is -2.20. The fraction of sp³-hybridized carbons (Fsp3) is 0.0667. The van der Waals surface area contributed by atoms with Gasteiger partial charge in [-0.15, -0.1) is 10.2 Å². The lowest BCUT2D eigenvalue weighted by atomic mass is 10.2. The summed E-state index contributed by atoms with van der Waals surface area (Å²) in [6.45, 7) is -0.0244. The highest BCUT2D eigenvalue weighted by molar-refractivity contribution is 14.1. The second kappa shape index (κ2) is 7.05. The molecule has 3 aromatic rings. The maximum absolute atomic E-state index is 12.0. The summed E-state index contributed by atoms with van der Waals surface area (Å²) in [5.74, 6) is 0.159. The molecule has 1 N–H and O–H groups in total. The van der Waals surface area contributed by atoms with Crippen molar-refractivity contribution in [3.8, 4) is 11.4 Å². The number of benzene rings is 2. The molecule has 1 heterocycles. The largest absolute Gasteiger partial charge is 0.324 e. The van der Waals surface area contributed by atoms with E-state index in [2.05, 4.69) is 43.3 Å². The van der Waals surface area contributed by atoms with E-state index in [1.807, 2.05) is 36.4 Å². The fourth-order valence-corrected chi connectivity index (χ4v) is 2.50. The summed E-state index contributed by atoms with van der Waals surface area (Å²) in [4.78, 5) is 13.2. The molecule has 0 unspecified atom stereocenters. The zero-order valence-corrected chi connectivity index (χ0v) is 14.7. The van der Waals surface area contributed by atoms with Gasteiger partial charge in [-0.25, -0.2) is 0 Å². The van der Waals surface area contributed by atoms with Crippen LogP contribution in [0.3, 0.4) is 0 Å². The van der Waals surface area contributed by atoms with Crippen LogP contribution < -0.4 is 5.32 Å². The Morgan fingerprint density at radius 2 is 1.91 bits per heavy atom. The van der Waals surface area contributed by atoms with Crippen molar-refractivity contribution in [2.24, 2.45) is 0 Å². The number of carbonyl (C=O) groups excluding carboxylic acids is 1. The van der Waals surface area contributed by atoms with Crippen molar-refractivity contribution >= 4 is 45.8 Å². The molecule has 0 atom stereocenters. The fourth-order valence-electron chi connectivity index (χ4n) is 1.92. The van der Waals surface area contributed by atoms with Crippen LogP contribution in [0, 0.1) is 3.57 Å². The molecule has 23 heavy (non-hydrogen) atoms. The van der Waals surface area contributed by atoms with Crippen LogP contribution in [0.15, 0.2) is 48.5 Å². The van der Waals surface area contributed by atoms with E-state index >= 15 is 0 Å². The molecule has 0 aliphatic rings. The Hall–Kier alpha value is -2.00. The second-order valence-corrected chi connectivity index (χ2v) is 6.33. The number of halogens is 2. The van der Waals surface area contributed by atoms with Crippen LogP contribution in [-0.4, -0.2) is 26.1 Å². The van der Waals surface area contributed by atoms with E-state index < -0.39 is 0 Å². The van der Waals surface area contributed by atoms with Gasteiger partial charge in [-0.1, -0.05) is 23.7 Å². The smallest absolute Gasteiger partial charge is 0.248 e. The molecule has 6 nitrogen and oxygen atoms in total. The summed E-state index contributed by atoms with van der Waals surface area (Å²) in [6.07, 6.45) is 0. The number of nitrogens with one attached hydrogen (secondary N) is 1. The second-order valence-electron chi connectivity index (χ2n) is 4.68. The number of nitrogens with zero attached hydrogens (tertiary/aromatic N) is 4. The van der Waals surface area contributed by atoms with Gasteiger partial charge in [0.25, 0.3) is 0 Å². The van der Waals surface area contributed by atoms with Crippen molar-refractivity contribution in [1.29, 1.82) is 0 Å². The first-order valence-electron chi connectivity index (χ1n) is 6.70. The number of hydrogen-bond acceptors (Lipinski definition) is 4. The Balaban J connectivity index is 1.68. The zero-order valence-electron chi connectivity index (χ0n) is 11.8. The number of tetrazole rings is 1. The quantitative estimate of drug-likeness (QED) is 0.634. The van der Waals surface area contributed by atoms with E-state index in [9.17, 15) is 4.79 Å². The van der Waals surface area contributed by atoms with Gasteiger partial charge < -0.3 is 5.32 Å². The molecule has 116 valence electrons. The minimum atomic E-state index is -0.227. The summed E-state index contributed by atoms with van der Waals surface area (Å²) in [6, 6.07) is 14.7. The third-order valence-corrected chi connectivity index (χ3v) is 4.03. The van der Waals surface area contributed by atoms with Gasteiger partial charge in [0.1, 0.15) is 6.54 Å². The first-order chi connectivity index (χ1) is 11.1. The summed E-state index contributed by atoms with van der Waals surface area (Å²) in [5, 5.41) is 15.3. The van der Waals surface area contributed by atoms with Crippen molar-refractivity contribution in [2.45, 2.75) is 6.54 Å². The summed E-state index contributed by atoms with van der Waals surface area (Å²) >= 11 is 8.30.